The van der Waals surface area contributed by atoms with E-state index in [4.69, 9.17) is 4.74 Å². The van der Waals surface area contributed by atoms with E-state index in [1.165, 1.54) is 5.39 Å². The summed E-state index contributed by atoms with van der Waals surface area (Å²) in [6.45, 7) is 1.99. The zero-order valence-electron chi connectivity index (χ0n) is 16.4. The number of methoxy groups -OCH3 is 1. The van der Waals surface area contributed by atoms with Gasteiger partial charge in [0.05, 0.1) is 18.7 Å². The summed E-state index contributed by atoms with van der Waals surface area (Å²) < 4.78 is 5.50. The highest BCUT2D eigenvalue weighted by Crippen LogP contribution is 2.28. The van der Waals surface area contributed by atoms with E-state index in [1.54, 1.807) is 25.6 Å². The molecule has 4 rings (SSSR count). The fourth-order valence-corrected chi connectivity index (χ4v) is 3.44. The number of aromatic nitrogens is 1. The Morgan fingerprint density at radius 1 is 0.897 bits per heavy atom. The summed E-state index contributed by atoms with van der Waals surface area (Å²) in [4.78, 5) is 17.0. The molecular weight excluding hydrogens is 360 g/mol. The molecule has 1 atom stereocenters. The van der Waals surface area contributed by atoms with Crippen molar-refractivity contribution in [3.05, 3.63) is 96.3 Å². The zero-order chi connectivity index (χ0) is 20.2. The highest BCUT2D eigenvalue weighted by molar-refractivity contribution is 5.98. The van der Waals surface area contributed by atoms with Gasteiger partial charge in [-0.15, -0.1) is 0 Å². The van der Waals surface area contributed by atoms with Crippen LogP contribution in [0.25, 0.3) is 21.9 Å². The van der Waals surface area contributed by atoms with Crippen LogP contribution in [-0.2, 0) is 0 Å². The zero-order valence-corrected chi connectivity index (χ0v) is 16.4. The molecule has 0 aliphatic rings. The number of nitrogens with one attached hydrogen (secondary N) is 1. The molecule has 0 radical (unpaired) electrons. The van der Waals surface area contributed by atoms with E-state index in [0.29, 0.717) is 11.3 Å². The van der Waals surface area contributed by atoms with E-state index in [0.717, 1.165) is 22.1 Å². The van der Waals surface area contributed by atoms with Gasteiger partial charge in [0.25, 0.3) is 5.91 Å². The Morgan fingerprint density at radius 2 is 1.66 bits per heavy atom. The van der Waals surface area contributed by atoms with Crippen molar-refractivity contribution in [2.75, 3.05) is 7.11 Å². The number of hydrogen-bond acceptors (Lipinski definition) is 3. The van der Waals surface area contributed by atoms with Gasteiger partial charge in [0, 0.05) is 12.4 Å². The third-order valence-corrected chi connectivity index (χ3v) is 5.08. The lowest BCUT2D eigenvalue weighted by Crippen LogP contribution is -2.27. The number of hydrogen-bond donors (Lipinski definition) is 1. The second-order valence-corrected chi connectivity index (χ2v) is 6.95. The molecule has 1 aromatic heterocycles. The Hall–Kier alpha value is -3.66. The molecule has 3 aromatic carbocycles. The van der Waals surface area contributed by atoms with Gasteiger partial charge in [-0.3, -0.25) is 9.78 Å². The van der Waals surface area contributed by atoms with Crippen molar-refractivity contribution in [3.63, 3.8) is 0 Å². The number of carbonyl (C=O) groups excluding carboxylic acids is 1. The van der Waals surface area contributed by atoms with Crippen LogP contribution >= 0.6 is 0 Å². The standard InChI is InChI=1S/C25H22N2O2/c1-17(20-8-7-18-5-3-4-6-21(18)15-20)27-25(28)23-10-9-22(16-24(23)29-2)19-11-13-26-14-12-19/h3-17H,1-2H3,(H,27,28)/t17-/m0/s1. The number of pyridine rings is 1. The first-order chi connectivity index (χ1) is 14.2. The number of benzene rings is 3. The first kappa shape index (κ1) is 18.7. The molecule has 0 aliphatic carbocycles. The van der Waals surface area contributed by atoms with Gasteiger partial charge in [-0.05, 0) is 64.7 Å². The Labute approximate surface area is 170 Å². The molecule has 1 amide bonds. The van der Waals surface area contributed by atoms with Gasteiger partial charge in [0.15, 0.2) is 0 Å². The largest absolute Gasteiger partial charge is 0.496 e. The topological polar surface area (TPSA) is 51.2 Å². The molecule has 4 heteroatoms. The van der Waals surface area contributed by atoms with E-state index in [9.17, 15) is 4.79 Å². The van der Waals surface area contributed by atoms with E-state index in [1.807, 2.05) is 43.3 Å². The average molecular weight is 382 g/mol. The maximum absolute atomic E-state index is 12.9. The second kappa shape index (κ2) is 8.15. The normalized spacial score (nSPS) is 11.8. The fourth-order valence-electron chi connectivity index (χ4n) is 3.44. The Bertz CT molecular complexity index is 1160. The highest BCUT2D eigenvalue weighted by Gasteiger charge is 2.16. The van der Waals surface area contributed by atoms with Crippen molar-refractivity contribution < 1.29 is 9.53 Å². The lowest BCUT2D eigenvalue weighted by molar-refractivity contribution is 0.0937. The van der Waals surface area contributed by atoms with Crippen LogP contribution in [0, 0.1) is 0 Å². The molecule has 0 aliphatic heterocycles. The smallest absolute Gasteiger partial charge is 0.255 e. The molecule has 1 N–H and O–H groups in total. The van der Waals surface area contributed by atoms with E-state index in [2.05, 4.69) is 40.6 Å². The first-order valence-corrected chi connectivity index (χ1v) is 9.54. The first-order valence-electron chi connectivity index (χ1n) is 9.54. The van der Waals surface area contributed by atoms with E-state index >= 15 is 0 Å². The van der Waals surface area contributed by atoms with Crippen LogP contribution in [0.2, 0.25) is 0 Å². The molecule has 0 unspecified atom stereocenters. The summed E-state index contributed by atoms with van der Waals surface area (Å²) in [6, 6.07) is 23.8. The van der Waals surface area contributed by atoms with Gasteiger partial charge in [-0.1, -0.05) is 42.5 Å². The van der Waals surface area contributed by atoms with Gasteiger partial charge in [-0.2, -0.15) is 0 Å². The van der Waals surface area contributed by atoms with Gasteiger partial charge >= 0.3 is 0 Å². The molecule has 1 heterocycles. The number of ether oxygens (including phenoxy) is 1. The monoisotopic (exact) mass is 382 g/mol. The van der Waals surface area contributed by atoms with Gasteiger partial charge in [0.2, 0.25) is 0 Å². The summed E-state index contributed by atoms with van der Waals surface area (Å²) in [7, 11) is 1.58. The van der Waals surface area contributed by atoms with Crippen LogP contribution in [-0.4, -0.2) is 18.0 Å². The summed E-state index contributed by atoms with van der Waals surface area (Å²) in [5, 5.41) is 5.42. The molecule has 29 heavy (non-hydrogen) atoms. The SMILES string of the molecule is COc1cc(-c2ccncc2)ccc1C(=O)N[C@@H](C)c1ccc2ccccc2c1. The molecule has 0 bridgehead atoms. The van der Waals surface area contributed by atoms with Crippen LogP contribution in [0.5, 0.6) is 5.75 Å². The minimum Gasteiger partial charge on any atom is -0.496 e. The molecule has 144 valence electrons. The number of nitrogens with zero attached hydrogens (tertiary/aromatic N) is 1. The van der Waals surface area contributed by atoms with Crippen LogP contribution < -0.4 is 10.1 Å². The Balaban J connectivity index is 1.57. The summed E-state index contributed by atoms with van der Waals surface area (Å²) in [5.41, 5.74) is 3.57. The Kier molecular flexibility index (Phi) is 5.25. The van der Waals surface area contributed by atoms with Crippen molar-refractivity contribution in [3.8, 4) is 16.9 Å². The van der Waals surface area contributed by atoms with Gasteiger partial charge in [0.1, 0.15) is 5.75 Å². The molecule has 0 saturated carbocycles. The van der Waals surface area contributed by atoms with Crippen molar-refractivity contribution in [2.45, 2.75) is 13.0 Å². The maximum Gasteiger partial charge on any atom is 0.255 e. The van der Waals surface area contributed by atoms with Crippen LogP contribution in [0.4, 0.5) is 0 Å². The maximum atomic E-state index is 12.9. The molecule has 4 aromatic rings. The molecule has 4 nitrogen and oxygen atoms in total. The summed E-state index contributed by atoms with van der Waals surface area (Å²) in [6.07, 6.45) is 3.49. The third kappa shape index (κ3) is 3.97. The van der Waals surface area contributed by atoms with Crippen LogP contribution in [0.3, 0.4) is 0 Å². The lowest BCUT2D eigenvalue weighted by atomic mass is 10.0. The minimum absolute atomic E-state index is 0.128. The fraction of sp³-hybridized carbons (Fsp3) is 0.120. The number of rotatable bonds is 5. The Morgan fingerprint density at radius 3 is 2.41 bits per heavy atom. The minimum atomic E-state index is -0.163. The van der Waals surface area contributed by atoms with E-state index in [-0.39, 0.29) is 11.9 Å². The quantitative estimate of drug-likeness (QED) is 0.503. The van der Waals surface area contributed by atoms with Gasteiger partial charge < -0.3 is 10.1 Å². The molecule has 0 spiro atoms. The molecule has 0 fully saturated rings. The average Bonchev–Trinajstić information content (AvgIpc) is 2.78. The van der Waals surface area contributed by atoms with Crippen LogP contribution in [0.1, 0.15) is 28.9 Å². The number of amides is 1. The summed E-state index contributed by atoms with van der Waals surface area (Å²) >= 11 is 0. The molecule has 0 saturated heterocycles. The highest BCUT2D eigenvalue weighted by atomic mass is 16.5. The van der Waals surface area contributed by atoms with Crippen molar-refractivity contribution >= 4 is 16.7 Å². The van der Waals surface area contributed by atoms with Gasteiger partial charge in [-0.25, -0.2) is 0 Å². The predicted molar refractivity (Wildman–Crippen MR) is 116 cm³/mol. The number of carbonyl (C=O) groups is 1. The third-order valence-electron chi connectivity index (χ3n) is 5.08. The lowest BCUT2D eigenvalue weighted by Gasteiger charge is -2.17. The van der Waals surface area contributed by atoms with E-state index < -0.39 is 0 Å². The second-order valence-electron chi connectivity index (χ2n) is 6.95. The molecular formula is C25H22N2O2. The predicted octanol–water partition coefficient (Wildman–Crippen LogP) is 5.40. The van der Waals surface area contributed by atoms with Crippen molar-refractivity contribution in [2.24, 2.45) is 0 Å². The summed E-state index contributed by atoms with van der Waals surface area (Å²) in [5.74, 6) is 0.381. The number of fused-ring (bicyclic) bond motifs is 1. The van der Waals surface area contributed by atoms with Crippen molar-refractivity contribution in [1.82, 2.24) is 10.3 Å². The van der Waals surface area contributed by atoms with Crippen molar-refractivity contribution in [1.29, 1.82) is 0 Å². The van der Waals surface area contributed by atoms with Crippen LogP contribution in [0.15, 0.2) is 85.2 Å².